The third-order valence-corrected chi connectivity index (χ3v) is 10.0. The van der Waals surface area contributed by atoms with Gasteiger partial charge < -0.3 is 11.1 Å². The van der Waals surface area contributed by atoms with Gasteiger partial charge in [0.25, 0.3) is 0 Å². The van der Waals surface area contributed by atoms with E-state index in [1.165, 1.54) is 0 Å². The Morgan fingerprint density at radius 1 is 0.509 bits per heavy atom. The molecule has 0 radical (unpaired) electrons. The van der Waals surface area contributed by atoms with Gasteiger partial charge in [-0.2, -0.15) is 0 Å². The van der Waals surface area contributed by atoms with Gasteiger partial charge in [-0.3, -0.25) is 19.6 Å². The van der Waals surface area contributed by atoms with Gasteiger partial charge in [-0.05, 0) is 96.8 Å². The van der Waals surface area contributed by atoms with Gasteiger partial charge in [0.1, 0.15) is 0 Å². The number of pyridine rings is 2. The number of carbonyl (C=O) groups is 2. The number of ketones is 2. The highest BCUT2D eigenvalue weighted by molar-refractivity contribution is 9.10. The minimum absolute atomic E-state index is 0.0442. The van der Waals surface area contributed by atoms with E-state index in [1.807, 2.05) is 147 Å². The second-order valence-electron chi connectivity index (χ2n) is 13.0. The maximum Gasteiger partial charge on any atom is 0.196 e. The Morgan fingerprint density at radius 3 is 1.53 bits per heavy atom. The number of anilines is 3. The van der Waals surface area contributed by atoms with E-state index in [0.717, 1.165) is 99.2 Å². The zero-order valence-corrected chi connectivity index (χ0v) is 30.6. The minimum Gasteiger partial charge on any atom is -0.399 e. The van der Waals surface area contributed by atoms with Crippen molar-refractivity contribution in [3.05, 3.63) is 184 Å². The highest BCUT2D eigenvalue weighted by Crippen LogP contribution is 2.43. The molecule has 0 unspecified atom stereocenters. The minimum atomic E-state index is 0.0442. The van der Waals surface area contributed by atoms with Crippen molar-refractivity contribution in [2.45, 2.75) is 13.8 Å². The van der Waals surface area contributed by atoms with E-state index in [0.29, 0.717) is 0 Å². The zero-order valence-electron chi connectivity index (χ0n) is 29.0. The Kier molecular flexibility index (Phi) is 8.86. The van der Waals surface area contributed by atoms with Crippen LogP contribution in [0.1, 0.15) is 43.2 Å². The summed E-state index contributed by atoms with van der Waals surface area (Å²) in [6.07, 6.45) is 0. The monoisotopic (exact) mass is 752 g/mol. The largest absolute Gasteiger partial charge is 0.399 e. The number of hydrogen-bond acceptors (Lipinski definition) is 6. The molecule has 0 saturated heterocycles. The van der Waals surface area contributed by atoms with Crippen LogP contribution in [0.5, 0.6) is 0 Å². The molecule has 53 heavy (non-hydrogen) atoms. The first-order valence-corrected chi connectivity index (χ1v) is 18.0. The fourth-order valence-electron chi connectivity index (χ4n) is 7.15. The fourth-order valence-corrected chi connectivity index (χ4v) is 7.69. The maximum atomic E-state index is 13.3. The molecular weight excluding hydrogens is 720 g/mol. The van der Waals surface area contributed by atoms with E-state index in [1.54, 1.807) is 0 Å². The van der Waals surface area contributed by atoms with Gasteiger partial charge in [0.15, 0.2) is 11.6 Å². The molecule has 6 nitrogen and oxygen atoms in total. The lowest BCUT2D eigenvalue weighted by Gasteiger charge is -2.22. The molecule has 0 amide bonds. The second-order valence-corrected chi connectivity index (χ2v) is 13.8. The van der Waals surface area contributed by atoms with Crippen molar-refractivity contribution in [1.29, 1.82) is 0 Å². The van der Waals surface area contributed by atoms with E-state index >= 15 is 0 Å². The van der Waals surface area contributed by atoms with E-state index in [-0.39, 0.29) is 11.6 Å². The quantitative estimate of drug-likeness (QED) is 0.171. The third-order valence-electron chi connectivity index (χ3n) is 9.38. The van der Waals surface area contributed by atoms with Crippen LogP contribution in [0, 0.1) is 13.8 Å². The SMILES string of the molecule is Cc1cc2c3c(cccc3n1)C(=O)c1c(Br)cccc1-2.Cc1cc2c3c(cccc3n1)C(=O)c1c(Nc3ccccc3)cccc1-2.Nc1ccccc1. The van der Waals surface area contributed by atoms with Crippen LogP contribution in [-0.4, -0.2) is 21.5 Å². The van der Waals surface area contributed by atoms with Crippen molar-refractivity contribution < 1.29 is 9.59 Å². The van der Waals surface area contributed by atoms with Crippen LogP contribution >= 0.6 is 15.9 Å². The molecule has 0 aliphatic heterocycles. The first kappa shape index (κ1) is 33.7. The van der Waals surface area contributed by atoms with Crippen molar-refractivity contribution >= 4 is 66.4 Å². The number of rotatable bonds is 2. The number of hydrogen-bond donors (Lipinski definition) is 2. The molecule has 0 bridgehead atoms. The van der Waals surface area contributed by atoms with E-state index in [2.05, 4.69) is 43.3 Å². The number of aryl methyl sites for hydroxylation is 2. The molecular formula is C46H33BrN4O2. The van der Waals surface area contributed by atoms with E-state index < -0.39 is 0 Å². The molecule has 6 aromatic carbocycles. The number of halogens is 1. The van der Waals surface area contributed by atoms with Gasteiger partial charge in [-0.1, -0.05) is 101 Å². The van der Waals surface area contributed by atoms with Crippen molar-refractivity contribution in [2.75, 3.05) is 11.1 Å². The van der Waals surface area contributed by atoms with Crippen molar-refractivity contribution in [1.82, 2.24) is 9.97 Å². The summed E-state index contributed by atoms with van der Waals surface area (Å²) in [6.45, 7) is 3.97. The maximum absolute atomic E-state index is 13.3. The Morgan fingerprint density at radius 2 is 0.981 bits per heavy atom. The zero-order chi connectivity index (χ0) is 36.6. The number of para-hydroxylation sites is 2. The first-order chi connectivity index (χ1) is 25.8. The van der Waals surface area contributed by atoms with Crippen LogP contribution < -0.4 is 11.1 Å². The highest BCUT2D eigenvalue weighted by atomic mass is 79.9. The summed E-state index contributed by atoms with van der Waals surface area (Å²) in [4.78, 5) is 35.2. The Bertz CT molecular complexity index is 2730. The second kappa shape index (κ2) is 13.9. The van der Waals surface area contributed by atoms with Gasteiger partial charge in [-0.15, -0.1) is 0 Å². The molecule has 0 fully saturated rings. The van der Waals surface area contributed by atoms with Gasteiger partial charge in [0.05, 0.1) is 22.3 Å². The summed E-state index contributed by atoms with van der Waals surface area (Å²) in [6, 6.07) is 46.9. The molecule has 2 aliphatic carbocycles. The molecule has 3 N–H and O–H groups in total. The lowest BCUT2D eigenvalue weighted by Crippen LogP contribution is -2.13. The predicted molar refractivity (Wildman–Crippen MR) is 219 cm³/mol. The summed E-state index contributed by atoms with van der Waals surface area (Å²) in [5.41, 5.74) is 18.7. The number of nitrogen functional groups attached to an aromatic ring is 1. The number of benzene rings is 6. The summed E-state index contributed by atoms with van der Waals surface area (Å²) >= 11 is 3.50. The predicted octanol–water partition coefficient (Wildman–Crippen LogP) is 11.3. The highest BCUT2D eigenvalue weighted by Gasteiger charge is 2.29. The first-order valence-electron chi connectivity index (χ1n) is 17.2. The number of fused-ring (bicyclic) bond motifs is 4. The number of nitrogens with two attached hydrogens (primary N) is 1. The molecule has 2 aromatic heterocycles. The summed E-state index contributed by atoms with van der Waals surface area (Å²) in [5, 5.41) is 5.32. The van der Waals surface area contributed by atoms with E-state index in [4.69, 9.17) is 5.73 Å². The van der Waals surface area contributed by atoms with Crippen LogP contribution in [0.15, 0.2) is 150 Å². The smallest absolute Gasteiger partial charge is 0.196 e. The summed E-state index contributed by atoms with van der Waals surface area (Å²) < 4.78 is 0.845. The van der Waals surface area contributed by atoms with Crippen LogP contribution in [0.25, 0.3) is 44.1 Å². The van der Waals surface area contributed by atoms with Crippen LogP contribution in [0.3, 0.4) is 0 Å². The Hall–Kier alpha value is -6.44. The van der Waals surface area contributed by atoms with Crippen LogP contribution in [0.2, 0.25) is 0 Å². The fraction of sp³-hybridized carbons (Fsp3) is 0.0435. The number of aromatic nitrogens is 2. The lowest BCUT2D eigenvalue weighted by molar-refractivity contribution is 0.103. The van der Waals surface area contributed by atoms with Gasteiger partial charge in [0, 0.05) is 54.7 Å². The van der Waals surface area contributed by atoms with Crippen molar-refractivity contribution in [2.24, 2.45) is 0 Å². The summed E-state index contributed by atoms with van der Waals surface area (Å²) in [7, 11) is 0. The lowest BCUT2D eigenvalue weighted by atomic mass is 9.83. The molecule has 7 heteroatoms. The number of nitrogens with zero attached hydrogens (tertiary/aromatic N) is 2. The molecule has 256 valence electrons. The van der Waals surface area contributed by atoms with Gasteiger partial charge in [0.2, 0.25) is 0 Å². The number of nitrogens with one attached hydrogen (secondary N) is 1. The van der Waals surface area contributed by atoms with E-state index in [9.17, 15) is 9.59 Å². The van der Waals surface area contributed by atoms with Crippen LogP contribution in [-0.2, 0) is 0 Å². The molecule has 0 saturated carbocycles. The average Bonchev–Trinajstić information content (AvgIpc) is 3.16. The molecule has 10 rings (SSSR count). The molecule has 2 heterocycles. The topological polar surface area (TPSA) is 98.0 Å². The van der Waals surface area contributed by atoms with Gasteiger partial charge in [-0.25, -0.2) is 0 Å². The normalized spacial score (nSPS) is 11.8. The summed E-state index contributed by atoms with van der Waals surface area (Å²) in [5.74, 6) is 0.110. The third kappa shape index (κ3) is 6.26. The van der Waals surface area contributed by atoms with Crippen molar-refractivity contribution in [3.63, 3.8) is 0 Å². The molecule has 0 spiro atoms. The molecule has 8 aromatic rings. The number of carbonyl (C=O) groups excluding carboxylic acids is 2. The molecule has 2 aliphatic rings. The van der Waals surface area contributed by atoms with Crippen LogP contribution in [0.4, 0.5) is 17.1 Å². The Balaban J connectivity index is 0.000000131. The molecule has 0 atom stereocenters. The van der Waals surface area contributed by atoms with Crippen molar-refractivity contribution in [3.8, 4) is 22.3 Å². The average molecular weight is 754 g/mol. The Labute approximate surface area is 315 Å². The standard InChI is InChI=1S/C23H16N2O.C17H10BrNO.C6H7N/c1-14-13-18-16-9-5-12-20(25-15-7-3-2-4-8-15)22(16)23(26)17-10-6-11-19(24-14)21(17)18;1-9-8-12-10-4-2-6-13(18)16(10)17(20)11-5-3-7-14(19-9)15(11)12;7-6-4-2-1-3-5-6/h2-13,25H,1H3;2-8H,1H3;1-5H,7H2. The van der Waals surface area contributed by atoms with Gasteiger partial charge >= 0.3 is 0 Å².